The predicted octanol–water partition coefficient (Wildman–Crippen LogP) is 5.47. The van der Waals surface area contributed by atoms with Gasteiger partial charge < -0.3 is 4.98 Å². The zero-order valence-corrected chi connectivity index (χ0v) is 12.1. The Bertz CT molecular complexity index is 728. The predicted molar refractivity (Wildman–Crippen MR) is 83.7 cm³/mol. The number of aromatic amines is 1. The number of H-pyrrole nitrogens is 1. The second kappa shape index (κ2) is 4.12. The number of aromatic nitrogens is 1. The standard InChI is InChI=1S/C18H21N/c1-12(18(2,3)4)13-9-7-11-16-17(13)14-8-5-6-10-15(14)19-16/h5-12,19H,1-4H3. The maximum atomic E-state index is 3.52. The number of fused-ring (bicyclic) bond motifs is 3. The molecule has 2 aromatic carbocycles. The molecule has 98 valence electrons. The van der Waals surface area contributed by atoms with E-state index in [1.165, 1.54) is 27.4 Å². The van der Waals surface area contributed by atoms with Crippen molar-refractivity contribution in [3.05, 3.63) is 48.0 Å². The number of rotatable bonds is 1. The Morgan fingerprint density at radius 2 is 1.58 bits per heavy atom. The topological polar surface area (TPSA) is 15.8 Å². The fourth-order valence-electron chi connectivity index (χ4n) is 2.76. The van der Waals surface area contributed by atoms with Crippen LogP contribution in [-0.4, -0.2) is 4.98 Å². The van der Waals surface area contributed by atoms with Crippen LogP contribution < -0.4 is 0 Å². The molecule has 3 rings (SSSR count). The first kappa shape index (κ1) is 12.3. The maximum Gasteiger partial charge on any atom is 0.0467 e. The molecule has 1 unspecified atom stereocenters. The van der Waals surface area contributed by atoms with Crippen molar-refractivity contribution in [2.75, 3.05) is 0 Å². The normalized spacial score (nSPS) is 14.1. The van der Waals surface area contributed by atoms with Gasteiger partial charge in [0.1, 0.15) is 0 Å². The summed E-state index contributed by atoms with van der Waals surface area (Å²) in [6.07, 6.45) is 0. The van der Waals surface area contributed by atoms with Gasteiger partial charge in [-0.1, -0.05) is 58.0 Å². The van der Waals surface area contributed by atoms with Gasteiger partial charge in [0, 0.05) is 21.8 Å². The SMILES string of the molecule is CC(c1cccc2[nH]c3ccccc3c12)C(C)(C)C. The molecule has 0 aliphatic heterocycles. The smallest absolute Gasteiger partial charge is 0.0467 e. The minimum atomic E-state index is 0.270. The molecule has 0 aliphatic carbocycles. The molecule has 0 radical (unpaired) electrons. The first-order valence-corrected chi connectivity index (χ1v) is 6.98. The van der Waals surface area contributed by atoms with Gasteiger partial charge in [-0.2, -0.15) is 0 Å². The van der Waals surface area contributed by atoms with Gasteiger partial charge in [-0.25, -0.2) is 0 Å². The third-order valence-electron chi connectivity index (χ3n) is 4.33. The van der Waals surface area contributed by atoms with Crippen LogP contribution in [0.15, 0.2) is 42.5 Å². The van der Waals surface area contributed by atoms with Gasteiger partial charge in [0.2, 0.25) is 0 Å². The quantitative estimate of drug-likeness (QED) is 0.590. The summed E-state index contributed by atoms with van der Waals surface area (Å²) in [5, 5.41) is 2.73. The molecule has 3 aromatic rings. The van der Waals surface area contributed by atoms with Crippen LogP contribution in [0, 0.1) is 5.41 Å². The van der Waals surface area contributed by atoms with Crippen molar-refractivity contribution in [3.63, 3.8) is 0 Å². The average molecular weight is 251 g/mol. The van der Waals surface area contributed by atoms with Crippen LogP contribution in [0.25, 0.3) is 21.8 Å². The van der Waals surface area contributed by atoms with E-state index in [9.17, 15) is 0 Å². The molecule has 1 heterocycles. The molecule has 1 heteroatoms. The lowest BCUT2D eigenvalue weighted by atomic mass is 9.76. The lowest BCUT2D eigenvalue weighted by Gasteiger charge is -2.28. The molecule has 1 N–H and O–H groups in total. The van der Waals surface area contributed by atoms with E-state index in [0.717, 1.165) is 0 Å². The molecule has 0 saturated carbocycles. The number of nitrogens with one attached hydrogen (secondary N) is 1. The van der Waals surface area contributed by atoms with E-state index in [-0.39, 0.29) is 5.41 Å². The van der Waals surface area contributed by atoms with Gasteiger partial charge >= 0.3 is 0 Å². The molecule has 0 spiro atoms. The van der Waals surface area contributed by atoms with E-state index in [2.05, 4.69) is 75.1 Å². The molecule has 0 bridgehead atoms. The van der Waals surface area contributed by atoms with Crippen molar-refractivity contribution >= 4 is 21.8 Å². The van der Waals surface area contributed by atoms with Crippen molar-refractivity contribution in [1.29, 1.82) is 0 Å². The van der Waals surface area contributed by atoms with Gasteiger partial charge in [0.25, 0.3) is 0 Å². The third-order valence-corrected chi connectivity index (χ3v) is 4.33. The summed E-state index contributed by atoms with van der Waals surface area (Å²) in [6.45, 7) is 9.26. The lowest BCUT2D eigenvalue weighted by molar-refractivity contribution is 0.341. The second-order valence-electron chi connectivity index (χ2n) is 6.53. The van der Waals surface area contributed by atoms with E-state index in [1.807, 2.05) is 0 Å². The van der Waals surface area contributed by atoms with Crippen molar-refractivity contribution in [2.24, 2.45) is 5.41 Å². The fourth-order valence-corrected chi connectivity index (χ4v) is 2.76. The van der Waals surface area contributed by atoms with Crippen LogP contribution in [-0.2, 0) is 0 Å². The number of hydrogen-bond acceptors (Lipinski definition) is 0. The molecule has 1 aromatic heterocycles. The van der Waals surface area contributed by atoms with E-state index >= 15 is 0 Å². The number of para-hydroxylation sites is 1. The first-order valence-electron chi connectivity index (χ1n) is 6.98. The van der Waals surface area contributed by atoms with Gasteiger partial charge in [-0.15, -0.1) is 0 Å². The summed E-state index contributed by atoms with van der Waals surface area (Å²) >= 11 is 0. The summed E-state index contributed by atoms with van der Waals surface area (Å²) in [7, 11) is 0. The molecule has 19 heavy (non-hydrogen) atoms. The van der Waals surface area contributed by atoms with Gasteiger partial charge in [0.05, 0.1) is 0 Å². The largest absolute Gasteiger partial charge is 0.355 e. The molecule has 1 nitrogen and oxygen atoms in total. The van der Waals surface area contributed by atoms with Crippen molar-refractivity contribution < 1.29 is 0 Å². The van der Waals surface area contributed by atoms with E-state index in [0.29, 0.717) is 5.92 Å². The summed E-state index contributed by atoms with van der Waals surface area (Å²) < 4.78 is 0. The molecule has 0 aliphatic rings. The van der Waals surface area contributed by atoms with Crippen LogP contribution in [0.4, 0.5) is 0 Å². The van der Waals surface area contributed by atoms with Gasteiger partial charge in [0.15, 0.2) is 0 Å². The van der Waals surface area contributed by atoms with Gasteiger partial charge in [-0.3, -0.25) is 0 Å². The molecular formula is C18H21N. The number of benzene rings is 2. The van der Waals surface area contributed by atoms with Crippen LogP contribution in [0.5, 0.6) is 0 Å². The third kappa shape index (κ3) is 1.94. The molecule has 1 atom stereocenters. The summed E-state index contributed by atoms with van der Waals surface area (Å²) in [5.74, 6) is 0.524. The summed E-state index contributed by atoms with van der Waals surface area (Å²) in [6, 6.07) is 15.2. The van der Waals surface area contributed by atoms with E-state index < -0.39 is 0 Å². The zero-order chi connectivity index (χ0) is 13.6. The van der Waals surface area contributed by atoms with E-state index in [1.54, 1.807) is 0 Å². The van der Waals surface area contributed by atoms with Crippen molar-refractivity contribution in [1.82, 2.24) is 4.98 Å². The average Bonchev–Trinajstić information content (AvgIpc) is 2.75. The Balaban J connectivity index is 2.36. The monoisotopic (exact) mass is 251 g/mol. The van der Waals surface area contributed by atoms with Crippen molar-refractivity contribution in [3.8, 4) is 0 Å². The highest BCUT2D eigenvalue weighted by Crippen LogP contribution is 2.40. The zero-order valence-electron chi connectivity index (χ0n) is 12.1. The Morgan fingerprint density at radius 1 is 0.895 bits per heavy atom. The molecule has 0 fully saturated rings. The summed E-state index contributed by atoms with van der Waals surface area (Å²) in [5.41, 5.74) is 4.19. The molecular weight excluding hydrogens is 230 g/mol. The Labute approximate surface area is 114 Å². The maximum absolute atomic E-state index is 3.52. The highest BCUT2D eigenvalue weighted by molar-refractivity contribution is 6.09. The van der Waals surface area contributed by atoms with Crippen LogP contribution in [0.1, 0.15) is 39.2 Å². The fraction of sp³-hybridized carbons (Fsp3) is 0.333. The molecule has 0 amide bonds. The lowest BCUT2D eigenvalue weighted by Crippen LogP contribution is -2.15. The summed E-state index contributed by atoms with van der Waals surface area (Å²) in [4.78, 5) is 3.52. The Morgan fingerprint density at radius 3 is 2.32 bits per heavy atom. The molecule has 0 saturated heterocycles. The van der Waals surface area contributed by atoms with Crippen LogP contribution >= 0.6 is 0 Å². The Hall–Kier alpha value is -1.76. The minimum absolute atomic E-state index is 0.270. The van der Waals surface area contributed by atoms with Gasteiger partial charge in [-0.05, 0) is 29.0 Å². The van der Waals surface area contributed by atoms with E-state index in [4.69, 9.17) is 0 Å². The highest BCUT2D eigenvalue weighted by Gasteiger charge is 2.24. The number of hydrogen-bond donors (Lipinski definition) is 1. The second-order valence-corrected chi connectivity index (χ2v) is 6.53. The first-order chi connectivity index (χ1) is 8.98. The Kier molecular flexibility index (Phi) is 2.67. The van der Waals surface area contributed by atoms with Crippen molar-refractivity contribution in [2.45, 2.75) is 33.6 Å². The minimum Gasteiger partial charge on any atom is -0.355 e. The van der Waals surface area contributed by atoms with Crippen LogP contribution in [0.3, 0.4) is 0 Å². The van der Waals surface area contributed by atoms with Crippen LogP contribution in [0.2, 0.25) is 0 Å². The highest BCUT2D eigenvalue weighted by atomic mass is 14.7.